The van der Waals surface area contributed by atoms with Gasteiger partial charge in [-0.15, -0.1) is 0 Å². The molecular weight excluding hydrogens is 851 g/mol. The third-order valence-electron chi connectivity index (χ3n) is 11.7. The molecule has 0 radical (unpaired) electrons. The van der Waals surface area contributed by atoms with Gasteiger partial charge in [-0.05, 0) is 52.4 Å². The quantitative estimate of drug-likeness (QED) is 0.174. The topological polar surface area (TPSA) is 327 Å². The molecule has 0 aromatic rings. The Hall–Kier alpha value is -3.47. The first kappa shape index (κ1) is 57.7. The van der Waals surface area contributed by atoms with Gasteiger partial charge in [0.05, 0.1) is 79.6 Å². The highest BCUT2D eigenvalue weighted by Gasteiger charge is 2.43. The Morgan fingerprint density at radius 2 is 1.18 bits per heavy atom. The van der Waals surface area contributed by atoms with Gasteiger partial charge in [0.15, 0.2) is 6.29 Å². The Kier molecular flexibility index (Phi) is 26.6. The number of rotatable bonds is 3. The van der Waals surface area contributed by atoms with Crippen molar-refractivity contribution in [2.75, 3.05) is 0 Å². The van der Waals surface area contributed by atoms with Crippen molar-refractivity contribution in [3.8, 4) is 0 Å². The lowest BCUT2D eigenvalue weighted by molar-refractivity contribution is -0.277. The summed E-state index contributed by atoms with van der Waals surface area (Å²) in [7, 11) is 0. The van der Waals surface area contributed by atoms with Gasteiger partial charge in [0.2, 0.25) is 0 Å². The van der Waals surface area contributed by atoms with Crippen molar-refractivity contribution < 1.29 is 84.8 Å². The van der Waals surface area contributed by atoms with E-state index in [0.29, 0.717) is 0 Å². The van der Waals surface area contributed by atoms with Gasteiger partial charge in [-0.2, -0.15) is 0 Å². The number of esters is 1. The number of aliphatic hydroxyl groups is 10. The molecule has 0 amide bonds. The molecule has 18 heteroatoms. The lowest BCUT2D eigenvalue weighted by Crippen LogP contribution is -2.61. The number of aliphatic hydroxyl groups excluding tert-OH is 10. The molecule has 1 fully saturated rings. The van der Waals surface area contributed by atoms with Gasteiger partial charge in [0.25, 0.3) is 0 Å². The maximum atomic E-state index is 12.9. The maximum Gasteiger partial charge on any atom is 0.311 e. The van der Waals surface area contributed by atoms with Crippen LogP contribution in [0.5, 0.6) is 0 Å². The predicted octanol–water partition coefficient (Wildman–Crippen LogP) is 0.778. The molecule has 2 heterocycles. The van der Waals surface area contributed by atoms with Crippen LogP contribution in [0.3, 0.4) is 0 Å². The molecule has 2 rings (SSSR count). The number of allylic oxidation sites excluding steroid dienone is 10. The lowest BCUT2D eigenvalue weighted by atomic mass is 9.88. The van der Waals surface area contributed by atoms with Crippen LogP contribution in [0.1, 0.15) is 91.9 Å². The molecule has 0 bridgehead atoms. The van der Waals surface area contributed by atoms with Gasteiger partial charge in [-0.1, -0.05) is 86.8 Å². The highest BCUT2D eigenvalue weighted by molar-refractivity contribution is 5.81. The van der Waals surface area contributed by atoms with Gasteiger partial charge in [0, 0.05) is 31.1 Å². The van der Waals surface area contributed by atoms with Crippen molar-refractivity contribution in [3.63, 3.8) is 0 Å². The van der Waals surface area contributed by atoms with Crippen LogP contribution < -0.4 is 5.73 Å². The lowest BCUT2D eigenvalue weighted by Gasteiger charge is -2.41. The molecule has 2 aliphatic rings. The average molecular weight is 926 g/mol. The Morgan fingerprint density at radius 1 is 0.615 bits per heavy atom. The molecule has 13 unspecified atom stereocenters. The van der Waals surface area contributed by atoms with Gasteiger partial charge >= 0.3 is 11.9 Å². The second-order valence-corrected chi connectivity index (χ2v) is 17.4. The van der Waals surface area contributed by atoms with Crippen molar-refractivity contribution in [1.29, 1.82) is 0 Å². The molecule has 0 aromatic heterocycles. The predicted molar refractivity (Wildman–Crippen MR) is 238 cm³/mol. The first-order chi connectivity index (χ1) is 30.6. The summed E-state index contributed by atoms with van der Waals surface area (Å²) in [6.07, 6.45) is 0.848. The molecule has 2 aliphatic heterocycles. The first-order valence-corrected chi connectivity index (χ1v) is 22.4. The molecular formula is C47H75NO17. The molecule has 0 spiro atoms. The van der Waals surface area contributed by atoms with Crippen molar-refractivity contribution in [3.05, 3.63) is 72.9 Å². The number of carboxylic acids is 1. The van der Waals surface area contributed by atoms with Crippen molar-refractivity contribution in [1.82, 2.24) is 0 Å². The highest BCUT2D eigenvalue weighted by atomic mass is 16.7. The van der Waals surface area contributed by atoms with Crippen LogP contribution >= 0.6 is 0 Å². The van der Waals surface area contributed by atoms with Gasteiger partial charge < -0.3 is 76.1 Å². The fourth-order valence-electron chi connectivity index (χ4n) is 7.45. The Morgan fingerprint density at radius 3 is 1.83 bits per heavy atom. The molecule has 13 N–H and O–H groups in total. The molecule has 0 saturated carbocycles. The standard InChI is InChI=1S/C47H75NO17/c1-27-17-15-13-11-9-7-5-6-8-10-12-14-16-18-35(65-47-45(60)42(48)44(59)30(4)64-47)26-39(56)41(46(61)62)38(55)24-34(52)23-37(54)36(53)20-19-31(49)21-32(50)22-33(51)25-40(57)63-29(3)28(2)43(27)58/h5-6,8,10-18,27-33,35-39,41-45,47,49-51,53-56,58-60H,7,9,19-26,48H2,1-4H3,(H,61,62)/b6-5+,10-8+,13-11+,14-12+,17-15+,18-16+/t27?,28?,29?,30-,31?,32?,33?,35?,36?,37?,38?,39?,41?,42+,43?,44-,45+,47+/m1/s1. The number of carbonyl (C=O) groups is 3. The number of nitrogens with two attached hydrogens (primary N) is 1. The zero-order valence-electron chi connectivity index (χ0n) is 37.8. The van der Waals surface area contributed by atoms with Crippen LogP contribution in [0.4, 0.5) is 0 Å². The molecule has 1 saturated heterocycles. The number of carbonyl (C=O) groups excluding carboxylic acids is 2. The third-order valence-corrected chi connectivity index (χ3v) is 11.7. The van der Waals surface area contributed by atoms with E-state index < -0.39 is 147 Å². The number of Topliss-reactive ketones (excluding diaryl/α,β-unsaturated/α-hetero) is 1. The minimum absolute atomic E-state index is 0.144. The number of ketones is 1. The summed E-state index contributed by atoms with van der Waals surface area (Å²) in [5, 5.41) is 116. The van der Waals surface area contributed by atoms with Crippen LogP contribution in [0.2, 0.25) is 0 Å². The van der Waals surface area contributed by atoms with Crippen LogP contribution in [0.25, 0.3) is 0 Å². The van der Waals surface area contributed by atoms with E-state index in [4.69, 9.17) is 19.9 Å². The molecule has 18 atom stereocenters. The van der Waals surface area contributed by atoms with E-state index in [-0.39, 0.29) is 31.6 Å². The number of aliphatic carboxylic acids is 1. The zero-order chi connectivity index (χ0) is 48.8. The van der Waals surface area contributed by atoms with E-state index in [2.05, 4.69) is 0 Å². The summed E-state index contributed by atoms with van der Waals surface area (Å²) in [6, 6.07) is -1.15. The average Bonchev–Trinajstić information content (AvgIpc) is 3.22. The number of carboxylic acid groups (broad SMARTS) is 1. The van der Waals surface area contributed by atoms with Crippen molar-refractivity contribution in [2.24, 2.45) is 23.5 Å². The highest BCUT2D eigenvalue weighted by Crippen LogP contribution is 2.26. The molecule has 0 aromatic carbocycles. The number of cyclic esters (lactones) is 1. The van der Waals surface area contributed by atoms with Crippen molar-refractivity contribution >= 4 is 17.7 Å². The molecule has 18 nitrogen and oxygen atoms in total. The minimum Gasteiger partial charge on any atom is -0.481 e. The smallest absolute Gasteiger partial charge is 0.311 e. The number of ether oxygens (including phenoxy) is 3. The van der Waals surface area contributed by atoms with Crippen LogP contribution in [-0.2, 0) is 28.6 Å². The second-order valence-electron chi connectivity index (χ2n) is 17.4. The van der Waals surface area contributed by atoms with Crippen LogP contribution in [-0.4, -0.2) is 166 Å². The van der Waals surface area contributed by atoms with Crippen LogP contribution in [0.15, 0.2) is 72.9 Å². The summed E-state index contributed by atoms with van der Waals surface area (Å²) in [5.41, 5.74) is 5.96. The SMILES string of the molecule is CC1/C=C/C=C/CC/C=C/C=C/C=C/C=C/C(O[C@@H]2O[C@H](C)[C@@H](O)[C@H](N)[C@@H]2O)CC(O)C(C(=O)O)C(O)CC(=O)CC(O)C(O)CCC(O)CC(O)CC(O)CC(=O)OC(C)C(C)C1O. The van der Waals surface area contributed by atoms with Gasteiger partial charge in [0.1, 0.15) is 23.9 Å². The Balaban J connectivity index is 2.26. The minimum atomic E-state index is -1.95. The van der Waals surface area contributed by atoms with E-state index in [1.165, 1.54) is 13.0 Å². The summed E-state index contributed by atoms with van der Waals surface area (Å²) >= 11 is 0. The fraction of sp³-hybridized carbons (Fsp3) is 0.681. The van der Waals surface area contributed by atoms with Crippen molar-refractivity contribution in [2.45, 2.75) is 184 Å². The molecule has 370 valence electrons. The normalized spacial score (nSPS) is 42.5. The Bertz CT molecular complexity index is 1600. The number of hydrogen-bond acceptors (Lipinski definition) is 17. The van der Waals surface area contributed by atoms with E-state index in [1.807, 2.05) is 43.4 Å². The molecule has 65 heavy (non-hydrogen) atoms. The van der Waals surface area contributed by atoms with Crippen LogP contribution in [0, 0.1) is 17.8 Å². The first-order valence-electron chi connectivity index (χ1n) is 22.4. The monoisotopic (exact) mass is 926 g/mol. The zero-order valence-corrected chi connectivity index (χ0v) is 37.8. The summed E-state index contributed by atoms with van der Waals surface area (Å²) in [6.45, 7) is 6.73. The number of hydrogen-bond donors (Lipinski definition) is 12. The maximum absolute atomic E-state index is 12.9. The largest absolute Gasteiger partial charge is 0.481 e. The Labute approximate surface area is 381 Å². The van der Waals surface area contributed by atoms with E-state index in [0.717, 1.165) is 12.8 Å². The van der Waals surface area contributed by atoms with E-state index in [1.54, 1.807) is 44.2 Å². The third kappa shape index (κ3) is 21.4. The summed E-state index contributed by atoms with van der Waals surface area (Å²) in [5.74, 6) is -5.88. The second kappa shape index (κ2) is 30.0. The summed E-state index contributed by atoms with van der Waals surface area (Å²) < 4.78 is 17.0. The fourth-order valence-corrected chi connectivity index (χ4v) is 7.45. The molecule has 0 aliphatic carbocycles. The van der Waals surface area contributed by atoms with Gasteiger partial charge in [-0.3, -0.25) is 14.4 Å². The summed E-state index contributed by atoms with van der Waals surface area (Å²) in [4.78, 5) is 37.8. The van der Waals surface area contributed by atoms with E-state index in [9.17, 15) is 70.6 Å². The van der Waals surface area contributed by atoms with E-state index >= 15 is 0 Å². The van der Waals surface area contributed by atoms with Gasteiger partial charge in [-0.25, -0.2) is 0 Å².